The Bertz CT molecular complexity index is 3830. The highest BCUT2D eigenvalue weighted by atomic mass is 16.5. The second-order valence-electron chi connectivity index (χ2n) is 17.3. The van der Waals surface area contributed by atoms with Crippen molar-refractivity contribution in [3.05, 3.63) is 234 Å². The molecule has 4 heteroatoms. The van der Waals surface area contributed by atoms with E-state index in [-0.39, 0.29) is 0 Å². The van der Waals surface area contributed by atoms with Gasteiger partial charge in [0.25, 0.3) is 0 Å². The Morgan fingerprint density at radius 3 is 2.17 bits per heavy atom. The monoisotopic (exact) mass is 818 g/mol. The summed E-state index contributed by atoms with van der Waals surface area (Å²) in [7, 11) is 0. The number of hydrogen-bond donors (Lipinski definition) is 0. The molecule has 2 aliphatic heterocycles. The summed E-state index contributed by atoms with van der Waals surface area (Å²) in [4.78, 5) is 5.22. The lowest BCUT2D eigenvalue weighted by atomic mass is 9.61. The van der Waals surface area contributed by atoms with Crippen LogP contribution in [0, 0.1) is 0 Å². The molecular formula is C60H38N2O2. The van der Waals surface area contributed by atoms with Crippen LogP contribution < -0.4 is 4.74 Å². The molecule has 1 atom stereocenters. The summed E-state index contributed by atoms with van der Waals surface area (Å²) < 4.78 is 16.1. The third kappa shape index (κ3) is 4.91. The molecule has 11 aromatic rings. The van der Waals surface area contributed by atoms with Crippen LogP contribution in [-0.2, 0) is 5.41 Å². The Kier molecular flexibility index (Phi) is 7.41. The zero-order chi connectivity index (χ0) is 41.9. The first-order valence-corrected chi connectivity index (χ1v) is 22.2. The summed E-state index contributed by atoms with van der Waals surface area (Å²) in [6, 6.07) is 68.0. The number of para-hydroxylation sites is 4. The van der Waals surface area contributed by atoms with Gasteiger partial charge in [0.1, 0.15) is 22.7 Å². The smallest absolute Gasteiger partial charge is 0.136 e. The zero-order valence-corrected chi connectivity index (χ0v) is 34.8. The summed E-state index contributed by atoms with van der Waals surface area (Å²) in [5, 5.41) is 4.68. The lowest BCUT2D eigenvalue weighted by Gasteiger charge is -2.45. The number of aromatic nitrogens is 2. The molecule has 5 heterocycles. The van der Waals surface area contributed by atoms with Crippen LogP contribution in [0.5, 0.6) is 11.5 Å². The largest absolute Gasteiger partial charge is 0.457 e. The average molecular weight is 819 g/mol. The van der Waals surface area contributed by atoms with Crippen LogP contribution in [0.1, 0.15) is 40.8 Å². The standard InChI is InChI=1S/C60H38N2O2/c1-3-15-37(16-4-1)50-34-41(35-51(61-50)38-17-5-2-6-18-38)42-20-14-28-56-58(42)45-33-39(30-32-54(45)63-56)40-29-31-48-57(36-40)64-55-27-12-9-23-47(55)60(48)46-22-8-11-26-53(46)62-52-25-10-7-19-43(52)44-21-13-24-49(60)59(44)62/h1-5,7-17,19-36H,6,18H2. The third-order valence-corrected chi connectivity index (χ3v) is 13.9. The summed E-state index contributed by atoms with van der Waals surface area (Å²) in [5.74, 6) is 1.73. The SMILES string of the molecule is C1=CCCC(c2cc(-c3cccc4oc5ccc(-c6ccc7c(c6)Oc6ccccc6C76c7ccccc7-n7c8ccccc8c8cccc6c87)cc5c34)cc(-c3ccccc3)n2)=C1. The number of rotatable bonds is 4. The van der Waals surface area contributed by atoms with Crippen molar-refractivity contribution in [3.8, 4) is 50.7 Å². The summed E-state index contributed by atoms with van der Waals surface area (Å²) in [6.45, 7) is 0. The number of hydrogen-bond acceptors (Lipinski definition) is 3. The molecule has 300 valence electrons. The fourth-order valence-corrected chi connectivity index (χ4v) is 11.2. The van der Waals surface area contributed by atoms with Gasteiger partial charge in [-0.2, -0.15) is 0 Å². The Hall–Kier alpha value is -8.21. The van der Waals surface area contributed by atoms with Gasteiger partial charge in [-0.15, -0.1) is 0 Å². The van der Waals surface area contributed by atoms with Crippen molar-refractivity contribution in [2.45, 2.75) is 18.3 Å². The van der Waals surface area contributed by atoms with Crippen molar-refractivity contribution >= 4 is 49.3 Å². The van der Waals surface area contributed by atoms with Gasteiger partial charge in [-0.05, 0) is 106 Å². The number of ether oxygens (including phenoxy) is 1. The molecule has 0 saturated heterocycles. The maximum atomic E-state index is 7.01. The maximum absolute atomic E-state index is 7.01. The zero-order valence-electron chi connectivity index (χ0n) is 34.8. The first-order chi connectivity index (χ1) is 31.7. The highest BCUT2D eigenvalue weighted by molar-refractivity contribution is 6.14. The maximum Gasteiger partial charge on any atom is 0.136 e. The van der Waals surface area contributed by atoms with Crippen molar-refractivity contribution < 1.29 is 9.15 Å². The molecule has 0 fully saturated rings. The van der Waals surface area contributed by atoms with E-state index in [0.717, 1.165) is 96.6 Å². The van der Waals surface area contributed by atoms with Crippen LogP contribution >= 0.6 is 0 Å². The molecule has 0 N–H and O–H groups in total. The molecule has 4 nitrogen and oxygen atoms in total. The molecule has 1 unspecified atom stereocenters. The van der Waals surface area contributed by atoms with Gasteiger partial charge < -0.3 is 13.7 Å². The highest BCUT2D eigenvalue weighted by Crippen LogP contribution is 2.60. The number of fused-ring (bicyclic) bond motifs is 14. The average Bonchev–Trinajstić information content (AvgIpc) is 3.92. The van der Waals surface area contributed by atoms with E-state index in [1.807, 2.05) is 0 Å². The normalized spacial score (nSPS) is 15.9. The van der Waals surface area contributed by atoms with Crippen molar-refractivity contribution in [2.75, 3.05) is 0 Å². The van der Waals surface area contributed by atoms with E-state index in [0.29, 0.717) is 0 Å². The van der Waals surface area contributed by atoms with E-state index in [4.69, 9.17) is 14.1 Å². The Balaban J connectivity index is 0.966. The minimum atomic E-state index is -0.616. The predicted molar refractivity (Wildman–Crippen MR) is 260 cm³/mol. The Morgan fingerprint density at radius 1 is 0.500 bits per heavy atom. The molecular weight excluding hydrogens is 781 g/mol. The van der Waals surface area contributed by atoms with Crippen LogP contribution in [0.2, 0.25) is 0 Å². The molecule has 0 radical (unpaired) electrons. The fraction of sp³-hybridized carbons (Fsp3) is 0.0500. The molecule has 3 aliphatic rings. The van der Waals surface area contributed by atoms with E-state index < -0.39 is 5.41 Å². The quantitative estimate of drug-likeness (QED) is 0.178. The molecule has 1 spiro atoms. The van der Waals surface area contributed by atoms with Crippen LogP contribution in [0.15, 0.2) is 211 Å². The Labute approximate surface area is 369 Å². The summed E-state index contributed by atoms with van der Waals surface area (Å²) >= 11 is 0. The number of nitrogens with zero attached hydrogens (tertiary/aromatic N) is 2. The van der Waals surface area contributed by atoms with Crippen LogP contribution in [-0.4, -0.2) is 9.55 Å². The molecule has 8 aromatic carbocycles. The van der Waals surface area contributed by atoms with E-state index in [9.17, 15) is 0 Å². The van der Waals surface area contributed by atoms with Gasteiger partial charge in [0.2, 0.25) is 0 Å². The van der Waals surface area contributed by atoms with Gasteiger partial charge in [0.05, 0.1) is 33.5 Å². The minimum Gasteiger partial charge on any atom is -0.457 e. The second-order valence-corrected chi connectivity index (χ2v) is 17.3. The minimum absolute atomic E-state index is 0.616. The van der Waals surface area contributed by atoms with Crippen LogP contribution in [0.4, 0.5) is 0 Å². The van der Waals surface area contributed by atoms with Crippen molar-refractivity contribution in [3.63, 3.8) is 0 Å². The molecule has 0 saturated carbocycles. The first kappa shape index (κ1) is 35.4. The molecule has 14 rings (SSSR count). The molecule has 1 aliphatic carbocycles. The molecule has 0 amide bonds. The van der Waals surface area contributed by atoms with E-state index in [1.54, 1.807) is 0 Å². The lowest BCUT2D eigenvalue weighted by molar-refractivity contribution is 0.434. The van der Waals surface area contributed by atoms with Crippen molar-refractivity contribution in [1.82, 2.24) is 9.55 Å². The van der Waals surface area contributed by atoms with E-state index in [1.165, 1.54) is 44.2 Å². The van der Waals surface area contributed by atoms with Crippen LogP contribution in [0.3, 0.4) is 0 Å². The van der Waals surface area contributed by atoms with Crippen molar-refractivity contribution in [1.29, 1.82) is 0 Å². The van der Waals surface area contributed by atoms with E-state index >= 15 is 0 Å². The van der Waals surface area contributed by atoms with E-state index in [2.05, 4.69) is 211 Å². The number of benzene rings is 8. The predicted octanol–water partition coefficient (Wildman–Crippen LogP) is 15.6. The summed E-state index contributed by atoms with van der Waals surface area (Å²) in [5.41, 5.74) is 18.3. The number of pyridine rings is 1. The fourth-order valence-electron chi connectivity index (χ4n) is 11.2. The Morgan fingerprint density at radius 2 is 1.25 bits per heavy atom. The van der Waals surface area contributed by atoms with Gasteiger partial charge in [-0.3, -0.25) is 0 Å². The van der Waals surface area contributed by atoms with Gasteiger partial charge in [-0.1, -0.05) is 152 Å². The van der Waals surface area contributed by atoms with Gasteiger partial charge in [-0.25, -0.2) is 4.98 Å². The second kappa shape index (κ2) is 13.4. The van der Waals surface area contributed by atoms with Crippen LogP contribution in [0.25, 0.3) is 88.5 Å². The lowest BCUT2D eigenvalue weighted by Crippen LogP contribution is -2.37. The molecule has 64 heavy (non-hydrogen) atoms. The highest BCUT2D eigenvalue weighted by Gasteiger charge is 2.50. The summed E-state index contributed by atoms with van der Waals surface area (Å²) in [6.07, 6.45) is 8.56. The van der Waals surface area contributed by atoms with Gasteiger partial charge >= 0.3 is 0 Å². The van der Waals surface area contributed by atoms with Gasteiger partial charge in [0.15, 0.2) is 0 Å². The topological polar surface area (TPSA) is 40.2 Å². The first-order valence-electron chi connectivity index (χ1n) is 22.2. The molecule has 0 bridgehead atoms. The van der Waals surface area contributed by atoms with Gasteiger partial charge in [0, 0.05) is 38.2 Å². The third-order valence-electron chi connectivity index (χ3n) is 13.9. The number of furan rings is 1. The van der Waals surface area contributed by atoms with Crippen molar-refractivity contribution in [2.24, 2.45) is 0 Å². The number of allylic oxidation sites excluding steroid dienone is 4. The molecule has 3 aromatic heterocycles.